The molecule has 0 fully saturated rings. The number of benzene rings is 2. The molecule has 106 valence electrons. The van der Waals surface area contributed by atoms with E-state index in [-0.39, 0.29) is 5.78 Å². The molecule has 2 aromatic carbocycles. The van der Waals surface area contributed by atoms with Gasteiger partial charge >= 0.3 is 0 Å². The van der Waals surface area contributed by atoms with Crippen molar-refractivity contribution in [2.75, 3.05) is 5.32 Å². The van der Waals surface area contributed by atoms with Crippen molar-refractivity contribution in [2.24, 2.45) is 0 Å². The van der Waals surface area contributed by atoms with Crippen LogP contribution in [0.4, 0.5) is 10.1 Å². The predicted octanol–water partition coefficient (Wildman–Crippen LogP) is 3.97. The lowest BCUT2D eigenvalue weighted by Crippen LogP contribution is -2.08. The van der Waals surface area contributed by atoms with E-state index in [1.165, 1.54) is 24.3 Å². The average Bonchev–Trinajstić information content (AvgIpc) is 2.45. The Kier molecular flexibility index (Phi) is 5.00. The van der Waals surface area contributed by atoms with Gasteiger partial charge in [0.1, 0.15) is 5.82 Å². The zero-order chi connectivity index (χ0) is 15.2. The summed E-state index contributed by atoms with van der Waals surface area (Å²) in [5, 5.41) is 2.47. The Labute approximate surface area is 129 Å². The number of nitrogens with one attached hydrogen (secondary N) is 1. The third kappa shape index (κ3) is 4.65. The molecule has 0 unspecified atom stereocenters. The van der Waals surface area contributed by atoms with Crippen LogP contribution in [-0.2, 0) is 4.79 Å². The fourth-order valence-electron chi connectivity index (χ4n) is 1.61. The van der Waals surface area contributed by atoms with Gasteiger partial charge < -0.3 is 5.32 Å². The topological polar surface area (TPSA) is 46.2 Å². The van der Waals surface area contributed by atoms with Crippen molar-refractivity contribution >= 4 is 33.3 Å². The molecule has 21 heavy (non-hydrogen) atoms. The van der Waals surface area contributed by atoms with Gasteiger partial charge in [-0.1, -0.05) is 22.0 Å². The number of carbonyl (C=O) groups excluding carboxylic acids is 2. The summed E-state index contributed by atoms with van der Waals surface area (Å²) in [6.07, 6.45) is 2.30. The Morgan fingerprint density at radius 1 is 1.05 bits per heavy atom. The number of rotatable bonds is 4. The second-order valence-corrected chi connectivity index (χ2v) is 5.12. The van der Waals surface area contributed by atoms with Crippen molar-refractivity contribution in [3.05, 3.63) is 76.5 Å². The predicted molar refractivity (Wildman–Crippen MR) is 82.6 cm³/mol. The minimum atomic E-state index is -0.494. The minimum absolute atomic E-state index is 0.281. The van der Waals surface area contributed by atoms with Crippen LogP contribution in [0.5, 0.6) is 0 Å². The van der Waals surface area contributed by atoms with Gasteiger partial charge in [-0.2, -0.15) is 0 Å². The number of ketones is 1. The summed E-state index contributed by atoms with van der Waals surface area (Å²) in [5.74, 6) is -1.22. The number of anilines is 1. The highest BCUT2D eigenvalue weighted by Crippen LogP contribution is 2.12. The molecule has 5 heteroatoms. The van der Waals surface area contributed by atoms with Crippen molar-refractivity contribution in [1.82, 2.24) is 0 Å². The monoisotopic (exact) mass is 347 g/mol. The smallest absolute Gasteiger partial charge is 0.248 e. The van der Waals surface area contributed by atoms with Gasteiger partial charge in [-0.15, -0.1) is 0 Å². The molecule has 0 aliphatic carbocycles. The molecule has 0 aliphatic rings. The van der Waals surface area contributed by atoms with Crippen molar-refractivity contribution in [1.29, 1.82) is 0 Å². The maximum atomic E-state index is 13.0. The highest BCUT2D eigenvalue weighted by Gasteiger charge is 2.03. The van der Waals surface area contributed by atoms with Gasteiger partial charge in [0.2, 0.25) is 5.91 Å². The van der Waals surface area contributed by atoms with Crippen LogP contribution in [0, 0.1) is 5.82 Å². The molecule has 1 amide bonds. The Morgan fingerprint density at radius 3 is 2.43 bits per heavy atom. The number of amides is 1. The van der Waals surface area contributed by atoms with E-state index in [1.807, 2.05) is 0 Å². The molecule has 2 aromatic rings. The van der Waals surface area contributed by atoms with Crippen LogP contribution in [0.15, 0.2) is 65.2 Å². The van der Waals surface area contributed by atoms with E-state index in [0.717, 1.165) is 10.5 Å². The van der Waals surface area contributed by atoms with Crippen LogP contribution in [0.3, 0.4) is 0 Å². The summed E-state index contributed by atoms with van der Waals surface area (Å²) in [7, 11) is 0. The van der Waals surface area contributed by atoms with Gasteiger partial charge in [-0.05, 0) is 48.5 Å². The van der Waals surface area contributed by atoms with Gasteiger partial charge in [0.15, 0.2) is 5.78 Å². The molecule has 0 heterocycles. The van der Waals surface area contributed by atoms with Crippen LogP contribution in [0.2, 0.25) is 0 Å². The van der Waals surface area contributed by atoms with Crippen LogP contribution in [0.25, 0.3) is 0 Å². The number of halogens is 2. The largest absolute Gasteiger partial charge is 0.322 e. The van der Waals surface area contributed by atoms with Gasteiger partial charge in [0, 0.05) is 21.8 Å². The fraction of sp³-hybridized carbons (Fsp3) is 0. The van der Waals surface area contributed by atoms with E-state index in [1.54, 1.807) is 30.3 Å². The quantitative estimate of drug-likeness (QED) is 0.671. The molecule has 0 spiro atoms. The van der Waals surface area contributed by atoms with Crippen LogP contribution < -0.4 is 5.32 Å². The first kappa shape index (κ1) is 15.1. The highest BCUT2D eigenvalue weighted by molar-refractivity contribution is 9.10. The van der Waals surface area contributed by atoms with Gasteiger partial charge in [-0.3, -0.25) is 9.59 Å². The summed E-state index contributed by atoms with van der Waals surface area (Å²) in [5.41, 5.74) is 0.814. The first-order chi connectivity index (χ1) is 10.0. The summed E-state index contributed by atoms with van der Waals surface area (Å²) in [6.45, 7) is 0. The average molecular weight is 348 g/mol. The lowest BCUT2D eigenvalue weighted by Gasteiger charge is -2.01. The molecule has 0 saturated carbocycles. The van der Waals surface area contributed by atoms with Gasteiger partial charge in [0.25, 0.3) is 0 Å². The molecule has 3 nitrogen and oxygen atoms in total. The molecular weight excluding hydrogens is 337 g/mol. The van der Waals surface area contributed by atoms with E-state index < -0.39 is 11.7 Å². The summed E-state index contributed by atoms with van der Waals surface area (Å²) in [6, 6.07) is 12.3. The maximum Gasteiger partial charge on any atom is 0.248 e. The number of hydrogen-bond donors (Lipinski definition) is 1. The number of hydrogen-bond acceptors (Lipinski definition) is 2. The highest BCUT2D eigenvalue weighted by atomic mass is 79.9. The first-order valence-corrected chi connectivity index (χ1v) is 6.88. The second kappa shape index (κ2) is 6.95. The second-order valence-electron chi connectivity index (χ2n) is 4.20. The Bertz CT molecular complexity index is 696. The molecule has 1 N–H and O–H groups in total. The summed E-state index contributed by atoms with van der Waals surface area (Å²) in [4.78, 5) is 23.5. The lowest BCUT2D eigenvalue weighted by atomic mass is 10.1. The van der Waals surface area contributed by atoms with Crippen molar-refractivity contribution < 1.29 is 14.0 Å². The SMILES string of the molecule is O=C(/C=C/C(=O)c1ccc(Br)cc1)Nc1cccc(F)c1. The van der Waals surface area contributed by atoms with E-state index in [2.05, 4.69) is 21.2 Å². The minimum Gasteiger partial charge on any atom is -0.322 e. The van der Waals surface area contributed by atoms with Gasteiger partial charge in [-0.25, -0.2) is 4.39 Å². The van der Waals surface area contributed by atoms with Gasteiger partial charge in [0.05, 0.1) is 0 Å². The molecule has 0 atom stereocenters. The summed E-state index contributed by atoms with van der Waals surface area (Å²) >= 11 is 3.28. The van der Waals surface area contributed by atoms with Crippen molar-refractivity contribution in [2.45, 2.75) is 0 Å². The Balaban J connectivity index is 1.98. The van der Waals surface area contributed by atoms with Crippen molar-refractivity contribution in [3.8, 4) is 0 Å². The maximum absolute atomic E-state index is 13.0. The van der Waals surface area contributed by atoms with Crippen LogP contribution in [-0.4, -0.2) is 11.7 Å². The molecule has 2 rings (SSSR count). The third-order valence-corrected chi connectivity index (χ3v) is 3.14. The van der Waals surface area contributed by atoms with E-state index in [4.69, 9.17) is 0 Å². The van der Waals surface area contributed by atoms with Crippen LogP contribution >= 0.6 is 15.9 Å². The first-order valence-electron chi connectivity index (χ1n) is 6.09. The molecule has 0 aliphatic heterocycles. The molecular formula is C16H11BrFNO2. The summed E-state index contributed by atoms with van der Waals surface area (Å²) < 4.78 is 13.8. The fourth-order valence-corrected chi connectivity index (χ4v) is 1.88. The molecule has 0 radical (unpaired) electrons. The zero-order valence-corrected chi connectivity index (χ0v) is 12.4. The van der Waals surface area contributed by atoms with E-state index in [9.17, 15) is 14.0 Å². The molecule has 0 bridgehead atoms. The zero-order valence-electron chi connectivity index (χ0n) is 10.8. The lowest BCUT2D eigenvalue weighted by molar-refractivity contribution is -0.111. The van der Waals surface area contributed by atoms with Crippen LogP contribution in [0.1, 0.15) is 10.4 Å². The molecule has 0 saturated heterocycles. The third-order valence-electron chi connectivity index (χ3n) is 2.61. The number of carbonyl (C=O) groups is 2. The van der Waals surface area contributed by atoms with E-state index >= 15 is 0 Å². The Hall–Kier alpha value is -2.27. The van der Waals surface area contributed by atoms with E-state index in [0.29, 0.717) is 11.3 Å². The number of allylic oxidation sites excluding steroid dienone is 1. The van der Waals surface area contributed by atoms with Crippen molar-refractivity contribution in [3.63, 3.8) is 0 Å². The Morgan fingerprint density at radius 2 is 1.76 bits per heavy atom. The standard InChI is InChI=1S/C16H11BrFNO2/c17-12-6-4-11(5-7-12)15(20)8-9-16(21)19-14-3-1-2-13(18)10-14/h1-10H,(H,19,21)/b9-8+. The normalized spacial score (nSPS) is 10.6. The molecule has 0 aromatic heterocycles.